The first kappa shape index (κ1) is 21.0. The summed E-state index contributed by atoms with van der Waals surface area (Å²) in [4.78, 5) is 17.3. The van der Waals surface area contributed by atoms with E-state index in [9.17, 15) is 4.79 Å². The average molecular weight is 444 g/mol. The molecule has 0 radical (unpaired) electrons. The number of carbonyl (C=O) groups is 1. The first-order valence-electron chi connectivity index (χ1n) is 11.0. The number of hydrogen-bond acceptors (Lipinski definition) is 6. The number of carbonyl (C=O) groups excluding carboxylic acids is 1. The second-order valence-corrected chi connectivity index (χ2v) is 7.90. The van der Waals surface area contributed by atoms with E-state index in [1.54, 1.807) is 17.0 Å². The molecule has 3 heterocycles. The molecule has 0 atom stereocenters. The molecule has 1 saturated heterocycles. The highest BCUT2D eigenvalue weighted by Gasteiger charge is 2.28. The standard InChI is InChI=1S/C26H25N3O4/c30-25(23-12-7-15-32-23)29(18-20-8-3-1-4-9-20)19-22-24(21-10-5-2-6-11-21)27-33-26(22)28-13-16-31-17-14-28/h1-12,15H,13-14,16-19H2. The van der Waals surface area contributed by atoms with Crippen molar-refractivity contribution in [2.45, 2.75) is 13.1 Å². The van der Waals surface area contributed by atoms with Crippen molar-refractivity contribution < 1.29 is 18.5 Å². The molecule has 0 saturated carbocycles. The molecule has 2 aromatic carbocycles. The molecule has 0 bridgehead atoms. The lowest BCUT2D eigenvalue weighted by molar-refractivity contribution is 0.0697. The first-order valence-corrected chi connectivity index (χ1v) is 11.0. The number of rotatable bonds is 7. The van der Waals surface area contributed by atoms with Gasteiger partial charge in [0.05, 0.1) is 31.6 Å². The smallest absolute Gasteiger partial charge is 0.290 e. The van der Waals surface area contributed by atoms with Gasteiger partial charge in [0.2, 0.25) is 5.88 Å². The van der Waals surface area contributed by atoms with Gasteiger partial charge in [-0.15, -0.1) is 0 Å². The van der Waals surface area contributed by atoms with Crippen molar-refractivity contribution in [1.29, 1.82) is 0 Å². The summed E-state index contributed by atoms with van der Waals surface area (Å²) in [5.74, 6) is 0.802. The Labute approximate surface area is 192 Å². The van der Waals surface area contributed by atoms with Crippen LogP contribution in [0.5, 0.6) is 0 Å². The lowest BCUT2D eigenvalue weighted by Gasteiger charge is -2.28. The minimum atomic E-state index is -0.183. The van der Waals surface area contributed by atoms with E-state index in [-0.39, 0.29) is 5.91 Å². The predicted octanol–water partition coefficient (Wildman–Crippen LogP) is 4.61. The molecule has 1 amide bonds. The number of ether oxygens (including phenoxy) is 1. The first-order chi connectivity index (χ1) is 16.3. The van der Waals surface area contributed by atoms with Crippen LogP contribution < -0.4 is 4.90 Å². The zero-order valence-electron chi connectivity index (χ0n) is 18.2. The second kappa shape index (κ2) is 9.75. The zero-order valence-corrected chi connectivity index (χ0v) is 18.2. The van der Waals surface area contributed by atoms with E-state index >= 15 is 0 Å². The van der Waals surface area contributed by atoms with Crippen LogP contribution in [0.2, 0.25) is 0 Å². The number of benzene rings is 2. The van der Waals surface area contributed by atoms with Gasteiger partial charge in [-0.25, -0.2) is 0 Å². The summed E-state index contributed by atoms with van der Waals surface area (Å²) in [7, 11) is 0. The van der Waals surface area contributed by atoms with Crippen molar-refractivity contribution in [3.63, 3.8) is 0 Å². The van der Waals surface area contributed by atoms with E-state index in [4.69, 9.17) is 13.7 Å². The van der Waals surface area contributed by atoms with Crippen LogP contribution in [-0.4, -0.2) is 42.3 Å². The number of hydrogen-bond donors (Lipinski definition) is 0. The van der Waals surface area contributed by atoms with Crippen LogP contribution in [0.4, 0.5) is 5.88 Å². The van der Waals surface area contributed by atoms with E-state index < -0.39 is 0 Å². The highest BCUT2D eigenvalue weighted by atomic mass is 16.5. The Morgan fingerprint density at radius 3 is 2.33 bits per heavy atom. The number of aromatic nitrogens is 1. The monoisotopic (exact) mass is 443 g/mol. The molecule has 7 nitrogen and oxygen atoms in total. The van der Waals surface area contributed by atoms with E-state index in [2.05, 4.69) is 10.1 Å². The quantitative estimate of drug-likeness (QED) is 0.415. The van der Waals surface area contributed by atoms with Crippen LogP contribution in [0.3, 0.4) is 0 Å². The summed E-state index contributed by atoms with van der Waals surface area (Å²) >= 11 is 0. The number of anilines is 1. The van der Waals surface area contributed by atoms with Crippen molar-refractivity contribution >= 4 is 11.8 Å². The van der Waals surface area contributed by atoms with Crippen molar-refractivity contribution in [3.05, 3.63) is 95.9 Å². The SMILES string of the molecule is O=C(c1ccco1)N(Cc1ccccc1)Cc1c(-c2ccccc2)noc1N1CCOCC1. The number of nitrogens with zero attached hydrogens (tertiary/aromatic N) is 3. The minimum absolute atomic E-state index is 0.183. The third-order valence-electron chi connectivity index (χ3n) is 5.70. The molecule has 5 rings (SSSR count). The van der Waals surface area contributed by atoms with Crippen LogP contribution >= 0.6 is 0 Å². The number of morpholine rings is 1. The zero-order chi connectivity index (χ0) is 22.5. The van der Waals surface area contributed by atoms with Crippen molar-refractivity contribution in [3.8, 4) is 11.3 Å². The predicted molar refractivity (Wildman–Crippen MR) is 124 cm³/mol. The van der Waals surface area contributed by atoms with Crippen LogP contribution in [0.25, 0.3) is 11.3 Å². The van der Waals surface area contributed by atoms with Crippen LogP contribution in [-0.2, 0) is 17.8 Å². The molecule has 2 aromatic heterocycles. The van der Waals surface area contributed by atoms with Gasteiger partial charge in [-0.3, -0.25) is 4.79 Å². The highest BCUT2D eigenvalue weighted by molar-refractivity contribution is 5.91. The lowest BCUT2D eigenvalue weighted by atomic mass is 10.1. The van der Waals surface area contributed by atoms with Gasteiger partial charge in [0.1, 0.15) is 5.69 Å². The van der Waals surface area contributed by atoms with Crippen molar-refractivity contribution in [2.75, 3.05) is 31.2 Å². The summed E-state index contributed by atoms with van der Waals surface area (Å²) in [6.45, 7) is 3.43. The van der Waals surface area contributed by atoms with Gasteiger partial charge in [0, 0.05) is 25.2 Å². The molecular formula is C26H25N3O4. The molecule has 4 aromatic rings. The fraction of sp³-hybridized carbons (Fsp3) is 0.231. The normalized spacial score (nSPS) is 13.8. The largest absolute Gasteiger partial charge is 0.459 e. The van der Waals surface area contributed by atoms with Gasteiger partial charge >= 0.3 is 0 Å². The molecule has 7 heteroatoms. The topological polar surface area (TPSA) is 72.0 Å². The maximum absolute atomic E-state index is 13.4. The number of furan rings is 1. The Balaban J connectivity index is 1.54. The van der Waals surface area contributed by atoms with Crippen LogP contribution in [0.15, 0.2) is 88.0 Å². The van der Waals surface area contributed by atoms with E-state index in [0.29, 0.717) is 51.0 Å². The van der Waals surface area contributed by atoms with Gasteiger partial charge in [-0.05, 0) is 17.7 Å². The van der Waals surface area contributed by atoms with Crippen molar-refractivity contribution in [1.82, 2.24) is 10.1 Å². The Morgan fingerprint density at radius 2 is 1.64 bits per heavy atom. The Kier molecular flexibility index (Phi) is 6.21. The molecule has 0 N–H and O–H groups in total. The molecular weight excluding hydrogens is 418 g/mol. The van der Waals surface area contributed by atoms with Crippen molar-refractivity contribution in [2.24, 2.45) is 0 Å². The lowest BCUT2D eigenvalue weighted by Crippen LogP contribution is -2.37. The third kappa shape index (κ3) is 4.68. The summed E-state index contributed by atoms with van der Waals surface area (Å²) < 4.78 is 16.8. The fourth-order valence-corrected chi connectivity index (χ4v) is 4.03. The minimum Gasteiger partial charge on any atom is -0.459 e. The van der Waals surface area contributed by atoms with Gasteiger partial charge in [0.25, 0.3) is 5.91 Å². The van der Waals surface area contributed by atoms with Gasteiger partial charge in [-0.1, -0.05) is 65.8 Å². The summed E-state index contributed by atoms with van der Waals surface area (Å²) in [5.41, 5.74) is 3.59. The van der Waals surface area contributed by atoms with Gasteiger partial charge < -0.3 is 23.5 Å². The Bertz CT molecular complexity index is 1170. The molecule has 0 aliphatic carbocycles. The second-order valence-electron chi connectivity index (χ2n) is 7.90. The average Bonchev–Trinajstić information content (AvgIpc) is 3.56. The molecule has 0 spiro atoms. The molecule has 33 heavy (non-hydrogen) atoms. The maximum atomic E-state index is 13.4. The summed E-state index contributed by atoms with van der Waals surface area (Å²) in [5, 5.41) is 4.42. The molecule has 1 fully saturated rings. The van der Waals surface area contributed by atoms with E-state index in [1.165, 1.54) is 6.26 Å². The Morgan fingerprint density at radius 1 is 0.909 bits per heavy atom. The highest BCUT2D eigenvalue weighted by Crippen LogP contribution is 2.33. The maximum Gasteiger partial charge on any atom is 0.290 e. The number of amides is 1. The van der Waals surface area contributed by atoms with E-state index in [0.717, 1.165) is 22.4 Å². The molecule has 1 aliphatic rings. The molecule has 0 unspecified atom stereocenters. The molecule has 1 aliphatic heterocycles. The fourth-order valence-electron chi connectivity index (χ4n) is 4.03. The van der Waals surface area contributed by atoms with Gasteiger partial charge in [-0.2, -0.15) is 0 Å². The summed E-state index contributed by atoms with van der Waals surface area (Å²) in [6.07, 6.45) is 1.52. The Hall–Kier alpha value is -3.84. The third-order valence-corrected chi connectivity index (χ3v) is 5.70. The van der Waals surface area contributed by atoms with Crippen LogP contribution in [0, 0.1) is 0 Å². The summed E-state index contributed by atoms with van der Waals surface area (Å²) in [6, 6.07) is 23.2. The molecule has 168 valence electrons. The van der Waals surface area contributed by atoms with Gasteiger partial charge in [0.15, 0.2) is 5.76 Å². The van der Waals surface area contributed by atoms with E-state index in [1.807, 2.05) is 60.7 Å². The van der Waals surface area contributed by atoms with Crippen LogP contribution in [0.1, 0.15) is 21.7 Å².